The minimum absolute atomic E-state index is 0.101. The fourth-order valence-electron chi connectivity index (χ4n) is 2.46. The average molecular weight is 325 g/mol. The number of imide groups is 1. The molecule has 0 radical (unpaired) electrons. The summed E-state index contributed by atoms with van der Waals surface area (Å²) in [4.78, 5) is 24.7. The predicted molar refractivity (Wildman–Crippen MR) is 86.5 cm³/mol. The van der Waals surface area contributed by atoms with Gasteiger partial charge in [0.15, 0.2) is 0 Å². The number of carbonyl (C=O) groups excluding carboxylic acids is 2. The first-order chi connectivity index (χ1) is 11.4. The van der Waals surface area contributed by atoms with Gasteiger partial charge in [-0.1, -0.05) is 30.3 Å². The Balaban J connectivity index is 1.89. The molecule has 0 bridgehead atoms. The Hall–Kier alpha value is -3.35. The number of hydrogen-bond donors (Lipinski definition) is 3. The van der Waals surface area contributed by atoms with Gasteiger partial charge in [-0.15, -0.1) is 5.01 Å². The van der Waals surface area contributed by atoms with Crippen LogP contribution in [0.15, 0.2) is 53.6 Å². The molecule has 1 heterocycles. The highest BCUT2D eigenvalue weighted by atomic mass is 16.3. The maximum absolute atomic E-state index is 12.6. The second-order valence-electron chi connectivity index (χ2n) is 5.53. The molecule has 3 rings (SSSR count). The van der Waals surface area contributed by atoms with E-state index in [0.717, 1.165) is 11.1 Å². The van der Waals surface area contributed by atoms with E-state index in [1.54, 1.807) is 31.2 Å². The van der Waals surface area contributed by atoms with E-state index < -0.39 is 17.5 Å². The van der Waals surface area contributed by atoms with Gasteiger partial charge in [0.05, 0.1) is 6.21 Å². The number of urea groups is 1. The molecule has 0 saturated carbocycles. The Bertz CT molecular complexity index is 835. The fraction of sp³-hybridized carbons (Fsp3) is 0.118. The van der Waals surface area contributed by atoms with E-state index in [2.05, 4.69) is 10.4 Å². The van der Waals surface area contributed by atoms with Crippen LogP contribution >= 0.6 is 0 Å². The molecule has 2 aromatic rings. The Labute approximate surface area is 137 Å². The predicted octanol–water partition coefficient (Wildman–Crippen LogP) is 1.90. The molecule has 0 aromatic heterocycles. The molecule has 3 amide bonds. The molecule has 1 atom stereocenters. The summed E-state index contributed by atoms with van der Waals surface area (Å²) in [6, 6.07) is 12.1. The highest BCUT2D eigenvalue weighted by Gasteiger charge is 2.49. The van der Waals surface area contributed by atoms with Crippen molar-refractivity contribution in [3.05, 3.63) is 59.7 Å². The molecular weight excluding hydrogens is 310 g/mol. The lowest BCUT2D eigenvalue weighted by Gasteiger charge is -2.20. The molecule has 3 N–H and O–H groups in total. The number of phenols is 2. The molecule has 1 aliphatic rings. The van der Waals surface area contributed by atoms with Crippen LogP contribution in [0.2, 0.25) is 0 Å². The lowest BCUT2D eigenvalue weighted by Crippen LogP contribution is -2.40. The summed E-state index contributed by atoms with van der Waals surface area (Å²) in [6.45, 7) is 1.61. The van der Waals surface area contributed by atoms with Crippen LogP contribution in [-0.4, -0.2) is 33.4 Å². The standard InChI is InChI=1S/C17H15N3O4/c1-17(12-5-3-2-4-6-12)15(23)20(16(24)19-17)18-10-11-7-8-13(21)9-14(11)22/h2-10,21-22H,1H3,(H,19,24)/b18-10+/t17-/m1/s1. The van der Waals surface area contributed by atoms with Crippen LogP contribution in [0, 0.1) is 0 Å². The Morgan fingerprint density at radius 1 is 1.12 bits per heavy atom. The number of benzene rings is 2. The number of nitrogens with zero attached hydrogens (tertiary/aromatic N) is 2. The number of rotatable bonds is 3. The van der Waals surface area contributed by atoms with E-state index in [4.69, 9.17) is 0 Å². The summed E-state index contributed by atoms with van der Waals surface area (Å²) >= 11 is 0. The fourth-order valence-corrected chi connectivity index (χ4v) is 2.46. The van der Waals surface area contributed by atoms with Crippen LogP contribution in [0.3, 0.4) is 0 Å². The third kappa shape index (κ3) is 2.56. The molecule has 1 aliphatic heterocycles. The number of carbonyl (C=O) groups is 2. The van der Waals surface area contributed by atoms with Crippen LogP contribution in [0.1, 0.15) is 18.1 Å². The largest absolute Gasteiger partial charge is 0.508 e. The van der Waals surface area contributed by atoms with Crippen molar-refractivity contribution in [3.8, 4) is 11.5 Å². The average Bonchev–Trinajstić information content (AvgIpc) is 2.78. The van der Waals surface area contributed by atoms with Crippen molar-refractivity contribution in [1.82, 2.24) is 10.3 Å². The SMILES string of the molecule is C[C@]1(c2ccccc2)NC(=O)N(/N=C/c2ccc(O)cc2O)C1=O. The molecule has 24 heavy (non-hydrogen) atoms. The number of phenolic OH excluding ortho intramolecular Hbond substituents is 2. The van der Waals surface area contributed by atoms with Crippen molar-refractivity contribution in [2.24, 2.45) is 5.10 Å². The van der Waals surface area contributed by atoms with Crippen molar-refractivity contribution in [2.75, 3.05) is 0 Å². The summed E-state index contributed by atoms with van der Waals surface area (Å²) in [5, 5.41) is 26.2. The Kier molecular flexibility index (Phi) is 3.69. The zero-order chi connectivity index (χ0) is 17.3. The highest BCUT2D eigenvalue weighted by molar-refractivity contribution is 6.07. The molecule has 122 valence electrons. The number of hydrazone groups is 1. The van der Waals surface area contributed by atoms with Crippen molar-refractivity contribution in [1.29, 1.82) is 0 Å². The van der Waals surface area contributed by atoms with Crippen LogP contribution in [0.4, 0.5) is 4.79 Å². The molecule has 0 unspecified atom stereocenters. The van der Waals surface area contributed by atoms with Gasteiger partial charge in [0.2, 0.25) is 0 Å². The minimum atomic E-state index is -1.20. The van der Waals surface area contributed by atoms with Gasteiger partial charge in [-0.25, -0.2) is 4.79 Å². The van der Waals surface area contributed by atoms with Gasteiger partial charge in [0, 0.05) is 11.6 Å². The smallest absolute Gasteiger partial charge is 0.346 e. The molecule has 1 saturated heterocycles. The first kappa shape index (κ1) is 15.5. The lowest BCUT2D eigenvalue weighted by molar-refractivity contribution is -0.131. The maximum atomic E-state index is 12.6. The van der Waals surface area contributed by atoms with Gasteiger partial charge in [-0.05, 0) is 24.6 Å². The van der Waals surface area contributed by atoms with Crippen molar-refractivity contribution in [3.63, 3.8) is 0 Å². The normalized spacial score (nSPS) is 20.6. The summed E-state index contributed by atoms with van der Waals surface area (Å²) in [5.74, 6) is -0.832. The van der Waals surface area contributed by atoms with Gasteiger partial charge in [-0.3, -0.25) is 4.79 Å². The van der Waals surface area contributed by atoms with E-state index in [0.29, 0.717) is 5.56 Å². The van der Waals surface area contributed by atoms with E-state index in [1.807, 2.05) is 6.07 Å². The van der Waals surface area contributed by atoms with Gasteiger partial charge in [0.1, 0.15) is 17.0 Å². The molecule has 2 aromatic carbocycles. The van der Waals surface area contributed by atoms with Gasteiger partial charge < -0.3 is 15.5 Å². The summed E-state index contributed by atoms with van der Waals surface area (Å²) < 4.78 is 0. The van der Waals surface area contributed by atoms with Crippen LogP contribution < -0.4 is 5.32 Å². The van der Waals surface area contributed by atoms with Crippen LogP contribution in [-0.2, 0) is 10.3 Å². The Morgan fingerprint density at radius 3 is 2.50 bits per heavy atom. The van der Waals surface area contributed by atoms with Crippen molar-refractivity contribution >= 4 is 18.2 Å². The summed E-state index contributed by atoms with van der Waals surface area (Å²) in [5.41, 5.74) is -0.289. The lowest BCUT2D eigenvalue weighted by atomic mass is 9.92. The second-order valence-corrected chi connectivity index (χ2v) is 5.53. The zero-order valence-corrected chi connectivity index (χ0v) is 12.8. The van der Waals surface area contributed by atoms with Gasteiger partial charge in [0.25, 0.3) is 5.91 Å². The van der Waals surface area contributed by atoms with Gasteiger partial charge in [-0.2, -0.15) is 5.10 Å². The quantitative estimate of drug-likeness (QED) is 0.592. The molecule has 0 aliphatic carbocycles. The van der Waals surface area contributed by atoms with Gasteiger partial charge >= 0.3 is 6.03 Å². The number of hydrogen-bond acceptors (Lipinski definition) is 5. The molecule has 7 heteroatoms. The number of amides is 3. The van der Waals surface area contributed by atoms with E-state index in [1.165, 1.54) is 18.3 Å². The van der Waals surface area contributed by atoms with E-state index in [-0.39, 0.29) is 17.1 Å². The maximum Gasteiger partial charge on any atom is 0.346 e. The van der Waals surface area contributed by atoms with Crippen molar-refractivity contribution in [2.45, 2.75) is 12.5 Å². The first-order valence-corrected chi connectivity index (χ1v) is 7.20. The van der Waals surface area contributed by atoms with Crippen molar-refractivity contribution < 1.29 is 19.8 Å². The first-order valence-electron chi connectivity index (χ1n) is 7.20. The second kappa shape index (κ2) is 5.69. The minimum Gasteiger partial charge on any atom is -0.508 e. The monoisotopic (exact) mass is 325 g/mol. The molecule has 1 fully saturated rings. The number of aromatic hydroxyl groups is 2. The zero-order valence-electron chi connectivity index (χ0n) is 12.8. The topological polar surface area (TPSA) is 102 Å². The third-order valence-electron chi connectivity index (χ3n) is 3.85. The Morgan fingerprint density at radius 2 is 1.83 bits per heavy atom. The summed E-state index contributed by atoms with van der Waals surface area (Å²) in [7, 11) is 0. The summed E-state index contributed by atoms with van der Waals surface area (Å²) in [6.07, 6.45) is 1.18. The van der Waals surface area contributed by atoms with E-state index in [9.17, 15) is 19.8 Å². The molecule has 0 spiro atoms. The number of nitrogens with one attached hydrogen (secondary N) is 1. The van der Waals surface area contributed by atoms with E-state index >= 15 is 0 Å². The molecular formula is C17H15N3O4. The molecule has 7 nitrogen and oxygen atoms in total. The van der Waals surface area contributed by atoms with Crippen LogP contribution in [0.5, 0.6) is 11.5 Å². The van der Waals surface area contributed by atoms with Crippen LogP contribution in [0.25, 0.3) is 0 Å². The third-order valence-corrected chi connectivity index (χ3v) is 3.85. The highest BCUT2D eigenvalue weighted by Crippen LogP contribution is 2.29.